The molecule has 0 saturated carbocycles. The van der Waals surface area contributed by atoms with Gasteiger partial charge in [0.15, 0.2) is 5.75 Å². The Morgan fingerprint density at radius 3 is 2.71 bits per heavy atom. The number of nitrogens with zero attached hydrogens (tertiary/aromatic N) is 2. The van der Waals surface area contributed by atoms with Crippen LogP contribution in [0, 0.1) is 0 Å². The lowest BCUT2D eigenvalue weighted by Gasteiger charge is -2.15. The standard InChI is InChI=1S/C26H29N3O2/c1-4-6-9-16-29-22(14-12-20-10-7-8-11-23(20)29)18-26-28(5-2)24-15-13-21(27-19(3)30)17-25(24)31-26/h7-8,10-15,17-18H,4-6,9,16H2,1-3H3/p+1. The van der Waals surface area contributed by atoms with Gasteiger partial charge in [0.2, 0.25) is 23.0 Å². The molecule has 1 amide bonds. The number of anilines is 2. The summed E-state index contributed by atoms with van der Waals surface area (Å²) in [6, 6.07) is 18.7. The normalized spacial score (nSPS) is 14.0. The third-order valence-electron chi connectivity index (χ3n) is 5.60. The summed E-state index contributed by atoms with van der Waals surface area (Å²) in [5, 5.41) is 4.07. The molecule has 0 saturated heterocycles. The summed E-state index contributed by atoms with van der Waals surface area (Å²) < 4.78 is 8.64. The van der Waals surface area contributed by atoms with Crippen molar-refractivity contribution in [3.63, 3.8) is 0 Å². The van der Waals surface area contributed by atoms with E-state index in [4.69, 9.17) is 4.74 Å². The van der Waals surface area contributed by atoms with E-state index in [1.165, 1.54) is 30.7 Å². The van der Waals surface area contributed by atoms with Gasteiger partial charge in [-0.05, 0) is 37.6 Å². The minimum Gasteiger partial charge on any atom is -0.438 e. The number of hydrogen-bond donors (Lipinski definition) is 1. The number of amides is 1. The summed E-state index contributed by atoms with van der Waals surface area (Å²) in [7, 11) is 0. The van der Waals surface area contributed by atoms with Crippen molar-refractivity contribution in [1.82, 2.24) is 0 Å². The molecule has 2 heterocycles. The molecule has 1 aliphatic heterocycles. The number of nitrogens with one attached hydrogen (secondary N) is 1. The molecule has 160 valence electrons. The SMILES string of the molecule is CCCCC[n+]1c(C=C2Oc3cc(NC(C)=O)ccc3N2CC)ccc2ccccc21. The summed E-state index contributed by atoms with van der Waals surface area (Å²) in [4.78, 5) is 13.6. The first-order valence-electron chi connectivity index (χ1n) is 11.1. The molecule has 0 aliphatic carbocycles. The summed E-state index contributed by atoms with van der Waals surface area (Å²) >= 11 is 0. The monoisotopic (exact) mass is 416 g/mol. The van der Waals surface area contributed by atoms with Crippen LogP contribution < -0.4 is 19.5 Å². The van der Waals surface area contributed by atoms with Crippen LogP contribution in [-0.2, 0) is 11.3 Å². The molecule has 4 rings (SSSR count). The number of fused-ring (bicyclic) bond motifs is 2. The highest BCUT2D eigenvalue weighted by atomic mass is 16.5. The van der Waals surface area contributed by atoms with E-state index in [0.29, 0.717) is 0 Å². The Bertz CT molecular complexity index is 1140. The first-order chi connectivity index (χ1) is 15.1. The number of benzene rings is 2. The highest BCUT2D eigenvalue weighted by Gasteiger charge is 2.27. The molecule has 0 fully saturated rings. The van der Waals surface area contributed by atoms with Gasteiger partial charge in [-0.1, -0.05) is 25.5 Å². The van der Waals surface area contributed by atoms with Crippen molar-refractivity contribution in [2.45, 2.75) is 46.6 Å². The van der Waals surface area contributed by atoms with Crippen LogP contribution in [0.1, 0.15) is 45.7 Å². The van der Waals surface area contributed by atoms with Crippen molar-refractivity contribution in [2.24, 2.45) is 0 Å². The van der Waals surface area contributed by atoms with E-state index in [0.717, 1.165) is 48.2 Å². The van der Waals surface area contributed by atoms with Gasteiger partial charge >= 0.3 is 0 Å². The van der Waals surface area contributed by atoms with Crippen molar-refractivity contribution < 1.29 is 14.1 Å². The fraction of sp³-hybridized carbons (Fsp3) is 0.308. The summed E-state index contributed by atoms with van der Waals surface area (Å²) in [6.07, 6.45) is 5.67. The average molecular weight is 417 g/mol. The Morgan fingerprint density at radius 1 is 1.10 bits per heavy atom. The minimum atomic E-state index is -0.0923. The third-order valence-corrected chi connectivity index (χ3v) is 5.60. The van der Waals surface area contributed by atoms with Gasteiger partial charge in [0.1, 0.15) is 6.54 Å². The maximum Gasteiger partial charge on any atom is 0.221 e. The van der Waals surface area contributed by atoms with E-state index < -0.39 is 0 Å². The Balaban J connectivity index is 1.73. The molecule has 0 bridgehead atoms. The van der Waals surface area contributed by atoms with Gasteiger partial charge in [-0.3, -0.25) is 4.79 Å². The van der Waals surface area contributed by atoms with Crippen LogP contribution in [-0.4, -0.2) is 12.5 Å². The van der Waals surface area contributed by atoms with Crippen molar-refractivity contribution in [1.29, 1.82) is 0 Å². The Kier molecular flexibility index (Phi) is 6.21. The lowest BCUT2D eigenvalue weighted by Crippen LogP contribution is -2.38. The molecule has 5 nitrogen and oxygen atoms in total. The maximum absolute atomic E-state index is 11.4. The van der Waals surface area contributed by atoms with E-state index in [1.54, 1.807) is 0 Å². The van der Waals surface area contributed by atoms with Crippen LogP contribution in [0.4, 0.5) is 11.4 Å². The number of unbranched alkanes of at least 4 members (excludes halogenated alkanes) is 2. The Morgan fingerprint density at radius 2 is 1.94 bits per heavy atom. The van der Waals surface area contributed by atoms with Crippen molar-refractivity contribution in [3.05, 3.63) is 66.2 Å². The molecule has 1 aliphatic rings. The Hall–Kier alpha value is -3.34. The summed E-state index contributed by atoms with van der Waals surface area (Å²) in [5.74, 6) is 1.47. The van der Waals surface area contributed by atoms with Gasteiger partial charge in [-0.2, -0.15) is 4.57 Å². The largest absolute Gasteiger partial charge is 0.438 e. The molecule has 5 heteroatoms. The van der Waals surface area contributed by atoms with Crippen LogP contribution in [0.15, 0.2) is 60.5 Å². The number of pyridine rings is 1. The second-order valence-corrected chi connectivity index (χ2v) is 7.87. The van der Waals surface area contributed by atoms with Crippen molar-refractivity contribution in [3.8, 4) is 5.75 Å². The number of para-hydroxylation sites is 1. The maximum atomic E-state index is 11.4. The van der Waals surface area contributed by atoms with Crippen LogP contribution in [0.2, 0.25) is 0 Å². The molecule has 1 N–H and O–H groups in total. The highest BCUT2D eigenvalue weighted by molar-refractivity contribution is 5.90. The predicted octanol–water partition coefficient (Wildman–Crippen LogP) is 5.49. The number of ether oxygens (including phenoxy) is 1. The third kappa shape index (κ3) is 4.41. The zero-order valence-electron chi connectivity index (χ0n) is 18.5. The molecule has 1 aromatic heterocycles. The number of aryl methyl sites for hydroxylation is 1. The quantitative estimate of drug-likeness (QED) is 0.409. The summed E-state index contributed by atoms with van der Waals surface area (Å²) in [6.45, 7) is 7.62. The van der Waals surface area contributed by atoms with E-state index >= 15 is 0 Å². The van der Waals surface area contributed by atoms with Gasteiger partial charge < -0.3 is 15.0 Å². The van der Waals surface area contributed by atoms with Crippen LogP contribution >= 0.6 is 0 Å². The molecule has 2 aromatic carbocycles. The van der Waals surface area contributed by atoms with Gasteiger partial charge in [0.25, 0.3) is 0 Å². The fourth-order valence-corrected chi connectivity index (χ4v) is 4.12. The topological polar surface area (TPSA) is 45.5 Å². The van der Waals surface area contributed by atoms with E-state index in [-0.39, 0.29) is 5.91 Å². The molecule has 3 aromatic rings. The first-order valence-corrected chi connectivity index (χ1v) is 11.1. The molecular weight excluding hydrogens is 386 g/mol. The number of aromatic nitrogens is 1. The van der Waals surface area contributed by atoms with E-state index in [9.17, 15) is 4.79 Å². The number of carbonyl (C=O) groups is 1. The lowest BCUT2D eigenvalue weighted by atomic mass is 10.1. The highest BCUT2D eigenvalue weighted by Crippen LogP contribution is 2.41. The smallest absolute Gasteiger partial charge is 0.221 e. The molecular formula is C26H30N3O2+. The van der Waals surface area contributed by atoms with Gasteiger partial charge in [-0.25, -0.2) is 0 Å². The fourth-order valence-electron chi connectivity index (χ4n) is 4.12. The van der Waals surface area contributed by atoms with E-state index in [2.05, 4.69) is 71.1 Å². The zero-order chi connectivity index (χ0) is 21.8. The second kappa shape index (κ2) is 9.21. The van der Waals surface area contributed by atoms with Crippen molar-refractivity contribution in [2.75, 3.05) is 16.8 Å². The average Bonchev–Trinajstić information content (AvgIpc) is 3.10. The van der Waals surface area contributed by atoms with Crippen LogP contribution in [0.3, 0.4) is 0 Å². The lowest BCUT2D eigenvalue weighted by molar-refractivity contribution is -0.673. The molecule has 0 unspecified atom stereocenters. The van der Waals surface area contributed by atoms with E-state index in [1.807, 2.05) is 18.2 Å². The number of rotatable bonds is 7. The van der Waals surface area contributed by atoms with Gasteiger partial charge in [-0.15, -0.1) is 0 Å². The minimum absolute atomic E-state index is 0.0923. The second-order valence-electron chi connectivity index (χ2n) is 7.87. The molecule has 31 heavy (non-hydrogen) atoms. The van der Waals surface area contributed by atoms with Gasteiger partial charge in [0.05, 0.1) is 11.8 Å². The molecule has 0 radical (unpaired) electrons. The van der Waals surface area contributed by atoms with Gasteiger partial charge in [0, 0.05) is 49.2 Å². The van der Waals surface area contributed by atoms with Crippen LogP contribution in [0.5, 0.6) is 5.75 Å². The number of hydrogen-bond acceptors (Lipinski definition) is 3. The van der Waals surface area contributed by atoms with Crippen LogP contribution in [0.25, 0.3) is 17.0 Å². The zero-order valence-corrected chi connectivity index (χ0v) is 18.5. The Labute approximate surface area is 184 Å². The van der Waals surface area contributed by atoms with Crippen molar-refractivity contribution >= 4 is 34.3 Å². The first kappa shape index (κ1) is 20.9. The molecule has 0 spiro atoms. The summed E-state index contributed by atoms with van der Waals surface area (Å²) in [5.41, 5.74) is 4.11. The predicted molar refractivity (Wildman–Crippen MR) is 126 cm³/mol. The number of carbonyl (C=O) groups excluding carboxylic acids is 1. The molecule has 0 atom stereocenters.